The third-order valence-electron chi connectivity index (χ3n) is 2.23. The van der Waals surface area contributed by atoms with Gasteiger partial charge in [0, 0.05) is 6.92 Å². The first-order valence-electron chi connectivity index (χ1n) is 5.83. The van der Waals surface area contributed by atoms with Crippen LogP contribution in [0.25, 0.3) is 0 Å². The van der Waals surface area contributed by atoms with Gasteiger partial charge in [0.05, 0.1) is 13.1 Å². The molecule has 0 radical (unpaired) electrons. The second kappa shape index (κ2) is 8.06. The summed E-state index contributed by atoms with van der Waals surface area (Å²) in [5.74, 6) is -2.13. The van der Waals surface area contributed by atoms with Crippen LogP contribution in [0.5, 0.6) is 0 Å². The van der Waals surface area contributed by atoms with Crippen LogP contribution in [0.2, 0.25) is 0 Å². The predicted octanol–water partition coefficient (Wildman–Crippen LogP) is -2.14. The molecule has 0 aliphatic rings. The molecule has 0 saturated heterocycles. The standard InChI is InChI=1S/C11H20N4O4/c1-6(2)10(11(12)19)15-9(18)5-14-8(17)4-13-7(3)16/h6,10H,4-5H2,1-3H3,(H2,12,19)(H,13,16)(H,14,17)(H,15,18)/t10-/m0/s1. The number of amides is 4. The van der Waals surface area contributed by atoms with Crippen molar-refractivity contribution in [3.63, 3.8) is 0 Å². The summed E-state index contributed by atoms with van der Waals surface area (Å²) in [4.78, 5) is 44.3. The molecule has 4 amide bonds. The lowest BCUT2D eigenvalue weighted by Crippen LogP contribution is -2.51. The number of rotatable bonds is 7. The highest BCUT2D eigenvalue weighted by Gasteiger charge is 2.21. The molecule has 0 rings (SSSR count). The highest BCUT2D eigenvalue weighted by atomic mass is 16.2. The van der Waals surface area contributed by atoms with Crippen molar-refractivity contribution in [3.8, 4) is 0 Å². The normalized spacial score (nSPS) is 11.6. The van der Waals surface area contributed by atoms with Crippen molar-refractivity contribution < 1.29 is 19.2 Å². The van der Waals surface area contributed by atoms with Crippen molar-refractivity contribution in [1.82, 2.24) is 16.0 Å². The molecule has 0 aliphatic heterocycles. The van der Waals surface area contributed by atoms with Crippen molar-refractivity contribution in [2.24, 2.45) is 11.7 Å². The van der Waals surface area contributed by atoms with E-state index in [9.17, 15) is 19.2 Å². The zero-order valence-electron chi connectivity index (χ0n) is 11.3. The van der Waals surface area contributed by atoms with E-state index < -0.39 is 23.8 Å². The van der Waals surface area contributed by atoms with E-state index >= 15 is 0 Å². The number of hydrogen-bond donors (Lipinski definition) is 4. The van der Waals surface area contributed by atoms with Crippen molar-refractivity contribution in [1.29, 1.82) is 0 Å². The van der Waals surface area contributed by atoms with E-state index in [0.29, 0.717) is 0 Å². The van der Waals surface area contributed by atoms with Crippen LogP contribution in [0.1, 0.15) is 20.8 Å². The van der Waals surface area contributed by atoms with Gasteiger partial charge < -0.3 is 21.7 Å². The Morgan fingerprint density at radius 1 is 1.00 bits per heavy atom. The second-order valence-electron chi connectivity index (χ2n) is 4.38. The molecule has 0 saturated carbocycles. The molecule has 5 N–H and O–H groups in total. The molecule has 0 aromatic heterocycles. The molecular formula is C11H20N4O4. The van der Waals surface area contributed by atoms with Gasteiger partial charge in [0.15, 0.2) is 0 Å². The van der Waals surface area contributed by atoms with Crippen LogP contribution in [-0.4, -0.2) is 42.8 Å². The van der Waals surface area contributed by atoms with E-state index in [4.69, 9.17) is 5.73 Å². The number of carbonyl (C=O) groups excluding carboxylic acids is 4. The first-order valence-corrected chi connectivity index (χ1v) is 5.83. The van der Waals surface area contributed by atoms with E-state index in [2.05, 4.69) is 16.0 Å². The van der Waals surface area contributed by atoms with Crippen molar-refractivity contribution in [2.75, 3.05) is 13.1 Å². The fourth-order valence-electron chi connectivity index (χ4n) is 1.24. The molecule has 0 aromatic carbocycles. The van der Waals surface area contributed by atoms with Gasteiger partial charge >= 0.3 is 0 Å². The van der Waals surface area contributed by atoms with Crippen LogP contribution in [0, 0.1) is 5.92 Å². The van der Waals surface area contributed by atoms with Gasteiger partial charge in [-0.25, -0.2) is 0 Å². The van der Waals surface area contributed by atoms with Gasteiger partial charge in [-0.3, -0.25) is 19.2 Å². The number of nitrogens with two attached hydrogens (primary N) is 1. The quantitative estimate of drug-likeness (QED) is 0.421. The average molecular weight is 272 g/mol. The summed E-state index contributed by atoms with van der Waals surface area (Å²) >= 11 is 0. The highest BCUT2D eigenvalue weighted by molar-refractivity contribution is 5.90. The Labute approximate surface area is 111 Å². The summed E-state index contributed by atoms with van der Waals surface area (Å²) in [6.07, 6.45) is 0. The largest absolute Gasteiger partial charge is 0.368 e. The number of carbonyl (C=O) groups is 4. The molecule has 0 spiro atoms. The van der Waals surface area contributed by atoms with E-state index in [1.54, 1.807) is 13.8 Å². The van der Waals surface area contributed by atoms with E-state index in [-0.39, 0.29) is 24.9 Å². The Kier molecular flexibility index (Phi) is 7.16. The van der Waals surface area contributed by atoms with Gasteiger partial charge in [0.1, 0.15) is 6.04 Å². The number of hydrogen-bond acceptors (Lipinski definition) is 4. The molecule has 1 atom stereocenters. The highest BCUT2D eigenvalue weighted by Crippen LogP contribution is 1.99. The molecule has 19 heavy (non-hydrogen) atoms. The Morgan fingerprint density at radius 2 is 1.53 bits per heavy atom. The topological polar surface area (TPSA) is 130 Å². The minimum atomic E-state index is -0.778. The lowest BCUT2D eigenvalue weighted by atomic mass is 10.0. The maximum absolute atomic E-state index is 11.5. The Hall–Kier alpha value is -2.12. The summed E-state index contributed by atoms with van der Waals surface area (Å²) in [6.45, 7) is 4.27. The minimum Gasteiger partial charge on any atom is -0.368 e. The zero-order valence-corrected chi connectivity index (χ0v) is 11.3. The SMILES string of the molecule is CC(=O)NCC(=O)NCC(=O)N[C@H](C(N)=O)C(C)C. The minimum absolute atomic E-state index is 0.142. The first-order chi connectivity index (χ1) is 8.73. The molecule has 8 heteroatoms. The third-order valence-corrected chi connectivity index (χ3v) is 2.23. The Morgan fingerprint density at radius 3 is 1.95 bits per heavy atom. The van der Waals surface area contributed by atoms with Crippen molar-refractivity contribution >= 4 is 23.6 Å². The Bertz CT molecular complexity index is 368. The van der Waals surface area contributed by atoms with Gasteiger partial charge in [0.2, 0.25) is 23.6 Å². The van der Waals surface area contributed by atoms with Crippen molar-refractivity contribution in [3.05, 3.63) is 0 Å². The van der Waals surface area contributed by atoms with Gasteiger partial charge in [-0.15, -0.1) is 0 Å². The van der Waals surface area contributed by atoms with Crippen LogP contribution in [-0.2, 0) is 19.2 Å². The lowest BCUT2D eigenvalue weighted by molar-refractivity contribution is -0.129. The van der Waals surface area contributed by atoms with E-state index in [0.717, 1.165) is 0 Å². The van der Waals surface area contributed by atoms with Crippen LogP contribution in [0.3, 0.4) is 0 Å². The maximum Gasteiger partial charge on any atom is 0.240 e. The van der Waals surface area contributed by atoms with Crippen molar-refractivity contribution in [2.45, 2.75) is 26.8 Å². The fraction of sp³-hybridized carbons (Fsp3) is 0.636. The maximum atomic E-state index is 11.5. The third kappa shape index (κ3) is 7.74. The first kappa shape index (κ1) is 16.9. The van der Waals surface area contributed by atoms with E-state index in [1.165, 1.54) is 6.92 Å². The molecule has 0 heterocycles. The molecule has 8 nitrogen and oxygen atoms in total. The zero-order chi connectivity index (χ0) is 15.0. The lowest BCUT2D eigenvalue weighted by Gasteiger charge is -2.18. The summed E-state index contributed by atoms with van der Waals surface area (Å²) in [6, 6.07) is -0.778. The smallest absolute Gasteiger partial charge is 0.240 e. The molecule has 0 aromatic rings. The van der Waals surface area contributed by atoms with Gasteiger partial charge in [-0.2, -0.15) is 0 Å². The average Bonchev–Trinajstić information content (AvgIpc) is 2.29. The fourth-order valence-corrected chi connectivity index (χ4v) is 1.24. The Balaban J connectivity index is 4.07. The summed E-state index contributed by atoms with van der Waals surface area (Å²) in [7, 11) is 0. The second-order valence-corrected chi connectivity index (χ2v) is 4.38. The molecular weight excluding hydrogens is 252 g/mol. The van der Waals surface area contributed by atoms with Crippen LogP contribution < -0.4 is 21.7 Å². The summed E-state index contributed by atoms with van der Waals surface area (Å²) < 4.78 is 0. The molecule has 0 fully saturated rings. The monoisotopic (exact) mass is 272 g/mol. The van der Waals surface area contributed by atoms with Gasteiger partial charge in [-0.1, -0.05) is 13.8 Å². The van der Waals surface area contributed by atoms with Crippen LogP contribution in [0.4, 0.5) is 0 Å². The molecule has 0 unspecified atom stereocenters. The molecule has 108 valence electrons. The van der Waals surface area contributed by atoms with E-state index in [1.807, 2.05) is 0 Å². The van der Waals surface area contributed by atoms with Gasteiger partial charge in [0.25, 0.3) is 0 Å². The molecule has 0 bridgehead atoms. The summed E-state index contributed by atoms with van der Waals surface area (Å²) in [5.41, 5.74) is 5.13. The molecule has 0 aliphatic carbocycles. The number of nitrogens with one attached hydrogen (secondary N) is 3. The predicted molar refractivity (Wildman–Crippen MR) is 67.7 cm³/mol. The number of primary amides is 1. The van der Waals surface area contributed by atoms with Crippen LogP contribution >= 0.6 is 0 Å². The van der Waals surface area contributed by atoms with Gasteiger partial charge in [-0.05, 0) is 5.92 Å². The van der Waals surface area contributed by atoms with Crippen LogP contribution in [0.15, 0.2) is 0 Å². The summed E-state index contributed by atoms with van der Waals surface area (Å²) in [5, 5.41) is 7.01.